The number of nitrogens with two attached hydrogens (primary N) is 1. The summed E-state index contributed by atoms with van der Waals surface area (Å²) in [4.78, 5) is 4.99. The van der Waals surface area contributed by atoms with Gasteiger partial charge in [-0.15, -0.1) is 0 Å². The summed E-state index contributed by atoms with van der Waals surface area (Å²) < 4.78 is 5.89. The maximum Gasteiger partial charge on any atom is 0.123 e. The molecule has 0 bridgehead atoms. The molecule has 0 atom stereocenters. The normalized spacial score (nSPS) is 15.5. The first-order valence-corrected chi connectivity index (χ1v) is 8.80. The number of hydrogen-bond donors (Lipinski definition) is 1. The lowest BCUT2D eigenvalue weighted by Gasteiger charge is -2.36. The van der Waals surface area contributed by atoms with Crippen LogP contribution in [0.25, 0.3) is 0 Å². The summed E-state index contributed by atoms with van der Waals surface area (Å²) in [5.74, 6) is 0.925. The van der Waals surface area contributed by atoms with Crippen molar-refractivity contribution in [3.8, 4) is 5.75 Å². The van der Waals surface area contributed by atoms with E-state index in [4.69, 9.17) is 10.5 Å². The van der Waals surface area contributed by atoms with E-state index < -0.39 is 0 Å². The van der Waals surface area contributed by atoms with Crippen LogP contribution in [0.2, 0.25) is 0 Å². The van der Waals surface area contributed by atoms with E-state index in [9.17, 15) is 0 Å². The minimum atomic E-state index is 0.525. The Bertz CT molecular complexity index is 609. The Morgan fingerprint density at radius 3 is 2.33 bits per heavy atom. The Hall–Kier alpha value is -2.04. The van der Waals surface area contributed by atoms with Crippen molar-refractivity contribution >= 4 is 5.69 Å². The minimum absolute atomic E-state index is 0.525. The first-order chi connectivity index (χ1) is 11.9. The fraction of sp³-hybridized carbons (Fsp3) is 0.400. The van der Waals surface area contributed by atoms with Crippen LogP contribution in [-0.4, -0.2) is 44.2 Å². The average molecular weight is 325 g/mol. The van der Waals surface area contributed by atoms with Crippen molar-refractivity contribution < 1.29 is 4.74 Å². The Balaban J connectivity index is 1.37. The molecule has 2 aromatic rings. The topological polar surface area (TPSA) is 41.7 Å². The molecule has 1 saturated heterocycles. The molecule has 3 rings (SSSR count). The van der Waals surface area contributed by atoms with Crippen LogP contribution in [0, 0.1) is 0 Å². The molecule has 0 aliphatic carbocycles. The molecule has 128 valence electrons. The van der Waals surface area contributed by atoms with Gasteiger partial charge >= 0.3 is 0 Å². The van der Waals surface area contributed by atoms with E-state index in [1.165, 1.54) is 5.69 Å². The van der Waals surface area contributed by atoms with Crippen molar-refractivity contribution in [1.82, 2.24) is 4.90 Å². The highest BCUT2D eigenvalue weighted by atomic mass is 16.5. The van der Waals surface area contributed by atoms with Gasteiger partial charge in [-0.25, -0.2) is 0 Å². The van der Waals surface area contributed by atoms with Crippen LogP contribution < -0.4 is 15.4 Å². The van der Waals surface area contributed by atoms with Gasteiger partial charge in [0.2, 0.25) is 0 Å². The van der Waals surface area contributed by atoms with Crippen LogP contribution in [0.1, 0.15) is 12.0 Å². The summed E-state index contributed by atoms with van der Waals surface area (Å²) >= 11 is 0. The number of piperazine rings is 1. The molecule has 1 aliphatic rings. The largest absolute Gasteiger partial charge is 0.493 e. The standard InChI is InChI=1S/C20H27N3O/c21-17-18-7-4-5-10-20(18)24-16-6-11-22-12-14-23(15-13-22)19-8-2-1-3-9-19/h1-5,7-10H,6,11-17,21H2. The van der Waals surface area contributed by atoms with Crippen molar-refractivity contribution in [2.24, 2.45) is 5.73 Å². The quantitative estimate of drug-likeness (QED) is 0.795. The van der Waals surface area contributed by atoms with Crippen molar-refractivity contribution in [2.75, 3.05) is 44.2 Å². The van der Waals surface area contributed by atoms with Crippen molar-refractivity contribution in [3.63, 3.8) is 0 Å². The summed E-state index contributed by atoms with van der Waals surface area (Å²) in [6.07, 6.45) is 1.05. The highest BCUT2D eigenvalue weighted by Gasteiger charge is 2.16. The van der Waals surface area contributed by atoms with Gasteiger partial charge in [-0.05, 0) is 24.6 Å². The first-order valence-electron chi connectivity index (χ1n) is 8.80. The molecule has 4 heteroatoms. The molecule has 0 aromatic heterocycles. The van der Waals surface area contributed by atoms with E-state index in [1.807, 2.05) is 24.3 Å². The Kier molecular flexibility index (Phi) is 6.10. The van der Waals surface area contributed by atoms with Gasteiger partial charge in [-0.1, -0.05) is 36.4 Å². The number of hydrogen-bond acceptors (Lipinski definition) is 4. The van der Waals surface area contributed by atoms with Crippen LogP contribution in [-0.2, 0) is 6.54 Å². The summed E-state index contributed by atoms with van der Waals surface area (Å²) in [5.41, 5.74) is 8.15. The molecule has 0 unspecified atom stereocenters. The van der Waals surface area contributed by atoms with E-state index >= 15 is 0 Å². The van der Waals surface area contributed by atoms with Gasteiger partial charge in [0.15, 0.2) is 0 Å². The molecule has 2 N–H and O–H groups in total. The Labute approximate surface area is 144 Å². The number of ether oxygens (including phenoxy) is 1. The summed E-state index contributed by atoms with van der Waals surface area (Å²) in [5, 5.41) is 0. The van der Waals surface area contributed by atoms with Gasteiger partial charge in [-0.3, -0.25) is 4.90 Å². The SMILES string of the molecule is NCc1ccccc1OCCCN1CCN(c2ccccc2)CC1. The zero-order valence-corrected chi connectivity index (χ0v) is 14.2. The molecule has 4 nitrogen and oxygen atoms in total. The smallest absolute Gasteiger partial charge is 0.123 e. The summed E-state index contributed by atoms with van der Waals surface area (Å²) in [7, 11) is 0. The predicted octanol–water partition coefficient (Wildman–Crippen LogP) is 2.74. The first kappa shape index (κ1) is 16.8. The van der Waals surface area contributed by atoms with Crippen LogP contribution in [0.4, 0.5) is 5.69 Å². The van der Waals surface area contributed by atoms with E-state index in [-0.39, 0.29) is 0 Å². The van der Waals surface area contributed by atoms with Crippen LogP contribution in [0.15, 0.2) is 54.6 Å². The maximum absolute atomic E-state index is 5.89. The predicted molar refractivity (Wildman–Crippen MR) is 99.5 cm³/mol. The van der Waals surface area contributed by atoms with Crippen molar-refractivity contribution in [3.05, 3.63) is 60.2 Å². The minimum Gasteiger partial charge on any atom is -0.493 e. The molecule has 1 fully saturated rings. The maximum atomic E-state index is 5.89. The van der Waals surface area contributed by atoms with Gasteiger partial charge in [-0.2, -0.15) is 0 Å². The Morgan fingerprint density at radius 2 is 1.58 bits per heavy atom. The van der Waals surface area contributed by atoms with E-state index in [1.54, 1.807) is 0 Å². The number of rotatable bonds is 7. The third-order valence-electron chi connectivity index (χ3n) is 4.56. The van der Waals surface area contributed by atoms with Gasteiger partial charge in [0.05, 0.1) is 6.61 Å². The lowest BCUT2D eigenvalue weighted by atomic mass is 10.2. The second-order valence-corrected chi connectivity index (χ2v) is 6.18. The lowest BCUT2D eigenvalue weighted by molar-refractivity contribution is 0.224. The number of nitrogens with zero attached hydrogens (tertiary/aromatic N) is 2. The van der Waals surface area contributed by atoms with Crippen LogP contribution in [0.3, 0.4) is 0 Å². The van der Waals surface area contributed by atoms with E-state index in [0.29, 0.717) is 6.54 Å². The van der Waals surface area contributed by atoms with Gasteiger partial charge in [0, 0.05) is 50.5 Å². The fourth-order valence-corrected chi connectivity index (χ4v) is 3.15. The zero-order chi connectivity index (χ0) is 16.6. The number of para-hydroxylation sites is 2. The molecule has 0 spiro atoms. The van der Waals surface area contributed by atoms with E-state index in [2.05, 4.69) is 40.1 Å². The molecular weight excluding hydrogens is 298 g/mol. The summed E-state index contributed by atoms with van der Waals surface area (Å²) in [6, 6.07) is 18.7. The number of benzene rings is 2. The van der Waals surface area contributed by atoms with Gasteiger partial charge in [0.1, 0.15) is 5.75 Å². The molecule has 1 aliphatic heterocycles. The molecule has 0 saturated carbocycles. The van der Waals surface area contributed by atoms with E-state index in [0.717, 1.165) is 57.1 Å². The molecule has 0 radical (unpaired) electrons. The molecular formula is C20H27N3O. The van der Waals surface area contributed by atoms with Crippen molar-refractivity contribution in [2.45, 2.75) is 13.0 Å². The van der Waals surface area contributed by atoms with Gasteiger partial charge in [0.25, 0.3) is 0 Å². The molecule has 2 aromatic carbocycles. The second kappa shape index (κ2) is 8.71. The van der Waals surface area contributed by atoms with Crippen molar-refractivity contribution in [1.29, 1.82) is 0 Å². The highest BCUT2D eigenvalue weighted by Crippen LogP contribution is 2.18. The third kappa shape index (κ3) is 4.49. The summed E-state index contributed by atoms with van der Waals surface area (Å²) in [6.45, 7) is 6.80. The third-order valence-corrected chi connectivity index (χ3v) is 4.56. The highest BCUT2D eigenvalue weighted by molar-refractivity contribution is 5.46. The Morgan fingerprint density at radius 1 is 0.875 bits per heavy atom. The van der Waals surface area contributed by atoms with Crippen LogP contribution >= 0.6 is 0 Å². The average Bonchev–Trinajstić information content (AvgIpc) is 2.67. The molecule has 0 amide bonds. The number of anilines is 1. The molecule has 1 heterocycles. The van der Waals surface area contributed by atoms with Gasteiger partial charge < -0.3 is 15.4 Å². The molecule has 24 heavy (non-hydrogen) atoms. The fourth-order valence-electron chi connectivity index (χ4n) is 3.15. The zero-order valence-electron chi connectivity index (χ0n) is 14.2. The van der Waals surface area contributed by atoms with Crippen LogP contribution in [0.5, 0.6) is 5.75 Å². The monoisotopic (exact) mass is 325 g/mol. The lowest BCUT2D eigenvalue weighted by Crippen LogP contribution is -2.46. The second-order valence-electron chi connectivity index (χ2n) is 6.18.